The number of aromatic nitrogens is 1. The van der Waals surface area contributed by atoms with Crippen molar-refractivity contribution < 1.29 is 8.78 Å². The predicted octanol–water partition coefficient (Wildman–Crippen LogP) is 3.35. The van der Waals surface area contributed by atoms with Gasteiger partial charge in [-0.05, 0) is 12.8 Å². The summed E-state index contributed by atoms with van der Waals surface area (Å²) in [7, 11) is 0. The molecule has 0 unspecified atom stereocenters. The molecule has 1 aromatic heterocycles. The third-order valence-corrected chi connectivity index (χ3v) is 3.32. The molecule has 5 heteroatoms. The fraction of sp³-hybridized carbons (Fsp3) is 0.583. The third-order valence-electron chi connectivity index (χ3n) is 3.15. The molecule has 1 aromatic rings. The molecule has 0 radical (unpaired) electrons. The van der Waals surface area contributed by atoms with E-state index in [1.807, 2.05) is 4.90 Å². The first-order chi connectivity index (χ1) is 8.22. The molecule has 94 valence electrons. The van der Waals surface area contributed by atoms with E-state index in [1.165, 1.54) is 0 Å². The summed E-state index contributed by atoms with van der Waals surface area (Å²) in [6.07, 6.45) is 5.39. The Kier molecular flexibility index (Phi) is 4.15. The molecule has 0 atom stereocenters. The first-order valence-electron chi connectivity index (χ1n) is 5.86. The van der Waals surface area contributed by atoms with Crippen LogP contribution in [-0.4, -0.2) is 23.5 Å². The Morgan fingerprint density at radius 3 is 2.65 bits per heavy atom. The highest BCUT2D eigenvalue weighted by Gasteiger charge is 2.25. The molecule has 1 saturated carbocycles. The van der Waals surface area contributed by atoms with Crippen LogP contribution in [-0.2, 0) is 0 Å². The Hall–Kier alpha value is -0.900. The van der Waals surface area contributed by atoms with E-state index in [-0.39, 0.29) is 11.9 Å². The first kappa shape index (κ1) is 12.6. The number of alkyl halides is 1. The lowest BCUT2D eigenvalue weighted by Gasteiger charge is -2.29. The van der Waals surface area contributed by atoms with Crippen LogP contribution in [0.5, 0.6) is 0 Å². The van der Waals surface area contributed by atoms with Gasteiger partial charge in [-0.1, -0.05) is 12.8 Å². The van der Waals surface area contributed by atoms with Gasteiger partial charge in [0.05, 0.1) is 6.20 Å². The SMILES string of the molecule is Fc1cnc(N(CCCl)C2CCCC2)c(F)c1. The largest absolute Gasteiger partial charge is 0.350 e. The number of anilines is 1. The van der Waals surface area contributed by atoms with Crippen LogP contribution in [0.25, 0.3) is 0 Å². The number of hydrogen-bond donors (Lipinski definition) is 0. The molecule has 1 heterocycles. The van der Waals surface area contributed by atoms with Crippen molar-refractivity contribution in [2.24, 2.45) is 0 Å². The van der Waals surface area contributed by atoms with E-state index in [0.717, 1.165) is 37.9 Å². The second kappa shape index (κ2) is 5.63. The van der Waals surface area contributed by atoms with Crippen LogP contribution < -0.4 is 4.90 Å². The van der Waals surface area contributed by atoms with Gasteiger partial charge in [0.25, 0.3) is 0 Å². The Morgan fingerprint density at radius 1 is 1.35 bits per heavy atom. The third kappa shape index (κ3) is 2.86. The lowest BCUT2D eigenvalue weighted by molar-refractivity contribution is 0.547. The molecule has 1 aliphatic rings. The van der Waals surface area contributed by atoms with Crippen LogP contribution in [0.15, 0.2) is 12.3 Å². The molecule has 0 saturated heterocycles. The van der Waals surface area contributed by atoms with E-state index in [1.54, 1.807) is 0 Å². The molecule has 0 aromatic carbocycles. The Labute approximate surface area is 105 Å². The van der Waals surface area contributed by atoms with E-state index < -0.39 is 11.6 Å². The highest BCUT2D eigenvalue weighted by Crippen LogP contribution is 2.28. The minimum absolute atomic E-state index is 0.221. The van der Waals surface area contributed by atoms with E-state index in [2.05, 4.69) is 4.98 Å². The van der Waals surface area contributed by atoms with Gasteiger partial charge in [-0.25, -0.2) is 13.8 Å². The van der Waals surface area contributed by atoms with Gasteiger partial charge in [0.2, 0.25) is 0 Å². The van der Waals surface area contributed by atoms with Crippen molar-refractivity contribution >= 4 is 17.4 Å². The molecule has 17 heavy (non-hydrogen) atoms. The summed E-state index contributed by atoms with van der Waals surface area (Å²) in [5.41, 5.74) is 0. The summed E-state index contributed by atoms with van der Waals surface area (Å²) in [6, 6.07) is 1.15. The van der Waals surface area contributed by atoms with Gasteiger partial charge >= 0.3 is 0 Å². The molecule has 0 bridgehead atoms. The van der Waals surface area contributed by atoms with Crippen molar-refractivity contribution in [1.82, 2.24) is 4.98 Å². The monoisotopic (exact) mass is 260 g/mol. The number of pyridine rings is 1. The van der Waals surface area contributed by atoms with Gasteiger partial charge in [-0.2, -0.15) is 0 Å². The van der Waals surface area contributed by atoms with Gasteiger partial charge in [0.15, 0.2) is 11.6 Å². The maximum absolute atomic E-state index is 13.7. The fourth-order valence-corrected chi connectivity index (χ4v) is 2.57. The molecular weight excluding hydrogens is 246 g/mol. The molecule has 0 spiro atoms. The van der Waals surface area contributed by atoms with E-state index >= 15 is 0 Å². The second-order valence-electron chi connectivity index (χ2n) is 4.28. The van der Waals surface area contributed by atoms with Crippen LogP contribution in [0.3, 0.4) is 0 Å². The number of nitrogens with zero attached hydrogens (tertiary/aromatic N) is 2. The normalized spacial score (nSPS) is 16.4. The summed E-state index contributed by atoms with van der Waals surface area (Å²) in [5.74, 6) is -0.626. The number of rotatable bonds is 4. The van der Waals surface area contributed by atoms with E-state index in [9.17, 15) is 8.78 Å². The van der Waals surface area contributed by atoms with Gasteiger partial charge in [-0.15, -0.1) is 11.6 Å². The highest BCUT2D eigenvalue weighted by atomic mass is 35.5. The first-order valence-corrected chi connectivity index (χ1v) is 6.39. The van der Waals surface area contributed by atoms with Crippen molar-refractivity contribution in [3.63, 3.8) is 0 Å². The summed E-state index contributed by atoms with van der Waals surface area (Å²) in [5, 5.41) is 0. The molecular formula is C12H15ClF2N2. The zero-order valence-corrected chi connectivity index (χ0v) is 10.3. The minimum atomic E-state index is -0.650. The second-order valence-corrected chi connectivity index (χ2v) is 4.66. The molecule has 0 amide bonds. The molecule has 2 rings (SSSR count). The van der Waals surface area contributed by atoms with Crippen LogP contribution in [0.2, 0.25) is 0 Å². The molecule has 2 nitrogen and oxygen atoms in total. The Balaban J connectivity index is 2.24. The van der Waals surface area contributed by atoms with Gasteiger partial charge in [0, 0.05) is 24.5 Å². The smallest absolute Gasteiger partial charge is 0.168 e. The van der Waals surface area contributed by atoms with Crippen molar-refractivity contribution in [3.05, 3.63) is 23.9 Å². The fourth-order valence-electron chi connectivity index (χ4n) is 2.39. The van der Waals surface area contributed by atoms with Gasteiger partial charge in [0.1, 0.15) is 5.82 Å². The van der Waals surface area contributed by atoms with Crippen molar-refractivity contribution in [2.75, 3.05) is 17.3 Å². The van der Waals surface area contributed by atoms with E-state index in [0.29, 0.717) is 12.4 Å². The molecule has 0 aliphatic heterocycles. The summed E-state index contributed by atoms with van der Waals surface area (Å²) in [6.45, 7) is 0.543. The van der Waals surface area contributed by atoms with Crippen LogP contribution in [0.1, 0.15) is 25.7 Å². The van der Waals surface area contributed by atoms with E-state index in [4.69, 9.17) is 11.6 Å². The topological polar surface area (TPSA) is 16.1 Å². The van der Waals surface area contributed by atoms with Crippen LogP contribution >= 0.6 is 11.6 Å². The van der Waals surface area contributed by atoms with Crippen LogP contribution in [0, 0.1) is 11.6 Å². The van der Waals surface area contributed by atoms with Crippen molar-refractivity contribution in [3.8, 4) is 0 Å². The maximum atomic E-state index is 13.7. The zero-order chi connectivity index (χ0) is 12.3. The Morgan fingerprint density at radius 2 is 2.06 bits per heavy atom. The van der Waals surface area contributed by atoms with Crippen LogP contribution in [0.4, 0.5) is 14.6 Å². The average Bonchev–Trinajstić information content (AvgIpc) is 2.80. The highest BCUT2D eigenvalue weighted by molar-refractivity contribution is 6.18. The van der Waals surface area contributed by atoms with Gasteiger partial charge < -0.3 is 4.90 Å². The number of hydrogen-bond acceptors (Lipinski definition) is 2. The maximum Gasteiger partial charge on any atom is 0.168 e. The van der Waals surface area contributed by atoms with Crippen molar-refractivity contribution in [1.29, 1.82) is 0 Å². The molecule has 1 fully saturated rings. The average molecular weight is 261 g/mol. The molecule has 0 N–H and O–H groups in total. The van der Waals surface area contributed by atoms with Crippen molar-refractivity contribution in [2.45, 2.75) is 31.7 Å². The molecule has 1 aliphatic carbocycles. The number of halogens is 3. The summed E-state index contributed by atoms with van der Waals surface area (Å²) < 4.78 is 26.5. The lowest BCUT2D eigenvalue weighted by atomic mass is 10.2. The lowest BCUT2D eigenvalue weighted by Crippen LogP contribution is -2.36. The predicted molar refractivity (Wildman–Crippen MR) is 64.5 cm³/mol. The quantitative estimate of drug-likeness (QED) is 0.772. The summed E-state index contributed by atoms with van der Waals surface area (Å²) in [4.78, 5) is 5.73. The summed E-state index contributed by atoms with van der Waals surface area (Å²) >= 11 is 5.74. The Bertz CT molecular complexity index is 381. The van der Waals surface area contributed by atoms with Gasteiger partial charge in [-0.3, -0.25) is 0 Å². The zero-order valence-electron chi connectivity index (χ0n) is 9.50. The minimum Gasteiger partial charge on any atom is -0.350 e. The standard InChI is InChI=1S/C12H15ClF2N2/c13-5-6-17(10-3-1-2-4-10)12-11(15)7-9(14)8-16-12/h7-8,10H,1-6H2.